The van der Waals surface area contributed by atoms with Gasteiger partial charge in [0.05, 0.1) is 6.61 Å². The van der Waals surface area contributed by atoms with Crippen LogP contribution >= 0.6 is 25.3 Å². The molecule has 17 nitrogen and oxygen atoms in total. The number of phenolic OH excluding ortho intramolecular Hbond substituents is 1. The van der Waals surface area contributed by atoms with Crippen LogP contribution in [0.25, 0.3) is 0 Å². The highest BCUT2D eigenvalue weighted by Crippen LogP contribution is 2.21. The predicted octanol–water partition coefficient (Wildman–Crippen LogP) is -2.77. The number of amides is 6. The minimum absolute atomic E-state index is 0.00761. The van der Waals surface area contributed by atoms with Gasteiger partial charge in [-0.25, -0.2) is 0 Å². The van der Waals surface area contributed by atoms with Crippen LogP contribution in [0.3, 0.4) is 0 Å². The van der Waals surface area contributed by atoms with Gasteiger partial charge in [0.25, 0.3) is 0 Å². The molecule has 2 aromatic carbocycles. The number of carbonyl (C=O) groups is 7. The molecule has 0 radical (unpaired) electrons. The average Bonchev–Trinajstić information content (AvgIpc) is 3.62. The van der Waals surface area contributed by atoms with E-state index in [4.69, 9.17) is 11.5 Å². The highest BCUT2D eigenvalue weighted by atomic mass is 32.1. The minimum atomic E-state index is -1.59. The number of benzene rings is 2. The molecule has 1 heterocycles. The van der Waals surface area contributed by atoms with Crippen LogP contribution in [0.5, 0.6) is 5.75 Å². The Balaban J connectivity index is 1.78. The number of aliphatic hydroxyl groups is 1. The van der Waals surface area contributed by atoms with Gasteiger partial charge in [0.2, 0.25) is 35.4 Å². The van der Waals surface area contributed by atoms with Crippen LogP contribution in [0, 0.1) is 0 Å². The predicted molar refractivity (Wildman–Crippen MR) is 193 cm³/mol. The van der Waals surface area contributed by atoms with Crippen molar-refractivity contribution in [1.29, 1.82) is 0 Å². The molecule has 0 aromatic heterocycles. The number of phenols is 1. The second-order valence-electron chi connectivity index (χ2n) is 12.1. The SMILES string of the molecule is NC(=O)[C@H](CO)NC(=O)[C@H](Cc1ccc(O)cc1)NC(=O)[C@H](CS)NC(=O)[C@@H]1CCCN1C(=O)[C@H](Cc1ccccc1)NC(=O)[C@@H](N)[C@@H](S)C(=O)O. The molecule has 2 aromatic rings. The summed E-state index contributed by atoms with van der Waals surface area (Å²) in [4.78, 5) is 91.4. The third-order valence-corrected chi connectivity index (χ3v) is 9.21. The molecule has 1 aliphatic rings. The van der Waals surface area contributed by atoms with E-state index in [9.17, 15) is 48.9 Å². The number of carboxylic acids is 1. The molecule has 7 atom stereocenters. The van der Waals surface area contributed by atoms with Crippen LogP contribution in [0.15, 0.2) is 54.6 Å². The Kier molecular flexibility index (Phi) is 15.7. The van der Waals surface area contributed by atoms with Gasteiger partial charge in [0.1, 0.15) is 47.3 Å². The van der Waals surface area contributed by atoms with Crippen molar-refractivity contribution in [1.82, 2.24) is 26.2 Å². The monoisotopic (exact) mass is 761 g/mol. The lowest BCUT2D eigenvalue weighted by molar-refractivity contribution is -0.142. The van der Waals surface area contributed by atoms with Crippen molar-refractivity contribution in [2.75, 3.05) is 18.9 Å². The summed E-state index contributed by atoms with van der Waals surface area (Å²) in [7, 11) is 0. The number of hydrogen-bond acceptors (Lipinski definition) is 12. The summed E-state index contributed by atoms with van der Waals surface area (Å²) >= 11 is 8.08. The van der Waals surface area contributed by atoms with Gasteiger partial charge < -0.3 is 53.0 Å². The lowest BCUT2D eigenvalue weighted by atomic mass is 10.0. The van der Waals surface area contributed by atoms with Crippen molar-refractivity contribution in [3.63, 3.8) is 0 Å². The Bertz CT molecular complexity index is 1600. The maximum Gasteiger partial charge on any atom is 0.318 e. The number of aromatic hydroxyl groups is 1. The fourth-order valence-corrected chi connectivity index (χ4v) is 5.80. The second kappa shape index (κ2) is 19.7. The molecule has 0 saturated carbocycles. The van der Waals surface area contributed by atoms with Crippen LogP contribution < -0.4 is 32.7 Å². The van der Waals surface area contributed by atoms with E-state index in [0.29, 0.717) is 17.5 Å². The van der Waals surface area contributed by atoms with Crippen molar-refractivity contribution in [3.05, 3.63) is 65.7 Å². The Morgan fingerprint density at radius 1 is 0.808 bits per heavy atom. The van der Waals surface area contributed by atoms with Crippen molar-refractivity contribution < 1.29 is 48.9 Å². The first-order valence-electron chi connectivity index (χ1n) is 16.2. The third kappa shape index (κ3) is 11.6. The number of primary amides is 1. The molecule has 282 valence electrons. The van der Waals surface area contributed by atoms with E-state index in [-0.39, 0.29) is 37.3 Å². The number of hydrogen-bond donors (Lipinski definition) is 11. The minimum Gasteiger partial charge on any atom is -0.508 e. The zero-order valence-corrected chi connectivity index (χ0v) is 29.7. The van der Waals surface area contributed by atoms with Crippen molar-refractivity contribution >= 4 is 66.7 Å². The van der Waals surface area contributed by atoms with Crippen LogP contribution in [0.2, 0.25) is 0 Å². The summed E-state index contributed by atoms with van der Waals surface area (Å²) in [6.45, 7) is -0.666. The topological polar surface area (TPSA) is 284 Å². The summed E-state index contributed by atoms with van der Waals surface area (Å²) in [5.41, 5.74) is 12.2. The van der Waals surface area contributed by atoms with E-state index >= 15 is 0 Å². The van der Waals surface area contributed by atoms with Crippen molar-refractivity contribution in [2.45, 2.75) is 67.2 Å². The zero-order valence-electron chi connectivity index (χ0n) is 27.9. The van der Waals surface area contributed by atoms with Gasteiger partial charge in [-0.1, -0.05) is 42.5 Å². The van der Waals surface area contributed by atoms with Crippen LogP contribution in [0.1, 0.15) is 24.0 Å². The average molecular weight is 762 g/mol. The fourth-order valence-electron chi connectivity index (χ4n) is 5.41. The first-order valence-corrected chi connectivity index (χ1v) is 17.3. The number of aliphatic hydroxyl groups excluding tert-OH is 1. The maximum absolute atomic E-state index is 13.9. The molecule has 1 fully saturated rings. The van der Waals surface area contributed by atoms with Gasteiger partial charge in [-0.15, -0.1) is 0 Å². The van der Waals surface area contributed by atoms with Gasteiger partial charge in [-0.05, 0) is 36.1 Å². The normalized spacial score (nSPS) is 17.4. The molecule has 11 N–H and O–H groups in total. The summed E-state index contributed by atoms with van der Waals surface area (Å²) in [6.07, 6.45) is 0.493. The second-order valence-corrected chi connectivity index (χ2v) is 13.0. The molecule has 19 heteroatoms. The summed E-state index contributed by atoms with van der Waals surface area (Å²) in [6, 6.07) is 6.44. The number of carboxylic acid groups (broad SMARTS) is 1. The van der Waals surface area contributed by atoms with Crippen LogP contribution in [-0.2, 0) is 46.4 Å². The first kappa shape index (κ1) is 41.6. The molecule has 3 rings (SSSR count). The highest BCUT2D eigenvalue weighted by molar-refractivity contribution is 7.81. The first-order chi connectivity index (χ1) is 24.7. The molecule has 0 aliphatic carbocycles. The number of carbonyl (C=O) groups excluding carboxylic acids is 6. The van der Waals surface area contributed by atoms with Gasteiger partial charge in [-0.2, -0.15) is 25.3 Å². The Hall–Kier alpha value is -4.85. The number of nitrogens with two attached hydrogens (primary N) is 2. The lowest BCUT2D eigenvalue weighted by Gasteiger charge is -2.30. The zero-order chi connectivity index (χ0) is 38.5. The Morgan fingerprint density at radius 2 is 1.37 bits per heavy atom. The van der Waals surface area contributed by atoms with Crippen LogP contribution in [-0.4, -0.2) is 122 Å². The molecule has 1 aliphatic heterocycles. The molecule has 0 spiro atoms. The number of aliphatic carboxylic acids is 1. The quantitative estimate of drug-likeness (QED) is 0.0692. The standard InChI is InChI=1S/C33H43N7O10S2/c34-25(26(52)33(49)50)31(47)37-21(14-17-5-2-1-3-6-17)32(48)40-12-4-7-24(40)30(46)39-23(16-51)29(45)36-20(13-18-8-10-19(42)11-9-18)28(44)38-22(15-41)27(35)43/h1-3,5-6,8-11,20-26,41-42,51-52H,4,7,12-16,34H2,(H2,35,43)(H,36,45)(H,37,47)(H,38,44)(H,39,46)(H,49,50)/t20-,21-,22-,23-,24-,25-,26+/m0/s1. The van der Waals surface area contributed by atoms with Crippen molar-refractivity contribution in [2.24, 2.45) is 11.5 Å². The Labute approximate surface area is 310 Å². The molecule has 1 saturated heterocycles. The summed E-state index contributed by atoms with van der Waals surface area (Å²) in [5.74, 6) is -6.70. The molecule has 0 unspecified atom stereocenters. The van der Waals surface area contributed by atoms with Crippen LogP contribution in [0.4, 0.5) is 0 Å². The number of nitrogens with zero attached hydrogens (tertiary/aromatic N) is 1. The van der Waals surface area contributed by atoms with E-state index in [1.807, 2.05) is 0 Å². The van der Waals surface area contributed by atoms with Crippen molar-refractivity contribution in [3.8, 4) is 5.75 Å². The highest BCUT2D eigenvalue weighted by Gasteiger charge is 2.40. The molecular weight excluding hydrogens is 719 g/mol. The molecule has 6 amide bonds. The van der Waals surface area contributed by atoms with Gasteiger partial charge in [-0.3, -0.25) is 33.6 Å². The lowest BCUT2D eigenvalue weighted by Crippen LogP contribution is -2.60. The summed E-state index contributed by atoms with van der Waals surface area (Å²) in [5, 5.41) is 36.7. The van der Waals surface area contributed by atoms with Gasteiger partial charge in [0, 0.05) is 25.1 Å². The van der Waals surface area contributed by atoms with E-state index in [2.05, 4.69) is 46.5 Å². The maximum atomic E-state index is 13.9. The number of thiol groups is 2. The Morgan fingerprint density at radius 3 is 1.94 bits per heavy atom. The molecule has 0 bridgehead atoms. The van der Waals surface area contributed by atoms with Gasteiger partial charge >= 0.3 is 5.97 Å². The molecular formula is C33H43N7O10S2. The van der Waals surface area contributed by atoms with Gasteiger partial charge in [0.15, 0.2) is 0 Å². The number of nitrogens with one attached hydrogen (secondary N) is 4. The van der Waals surface area contributed by atoms with E-state index in [1.165, 1.54) is 29.2 Å². The van der Waals surface area contributed by atoms with E-state index < -0.39 is 89.5 Å². The molecule has 52 heavy (non-hydrogen) atoms. The number of rotatable bonds is 18. The largest absolute Gasteiger partial charge is 0.508 e. The third-order valence-electron chi connectivity index (χ3n) is 8.30. The smallest absolute Gasteiger partial charge is 0.318 e. The fraction of sp³-hybridized carbons (Fsp3) is 0.424. The van der Waals surface area contributed by atoms with E-state index in [1.54, 1.807) is 30.3 Å². The summed E-state index contributed by atoms with van der Waals surface area (Å²) < 4.78 is 0. The number of likely N-dealkylation sites (tertiary alicyclic amines) is 1. The van der Waals surface area contributed by atoms with E-state index in [0.717, 1.165) is 0 Å².